The topological polar surface area (TPSA) is 47.9 Å². The van der Waals surface area contributed by atoms with Gasteiger partial charge in [0, 0.05) is 5.56 Å². The fourth-order valence-electron chi connectivity index (χ4n) is 2.27. The van der Waals surface area contributed by atoms with E-state index < -0.39 is 18.3 Å². The lowest BCUT2D eigenvalue weighted by molar-refractivity contribution is 0.00578. The quantitative estimate of drug-likeness (QED) is 0.849. The molecule has 0 radical (unpaired) electrons. The van der Waals surface area contributed by atoms with E-state index in [0.717, 1.165) is 11.3 Å². The third-order valence-corrected chi connectivity index (χ3v) is 4.30. The van der Waals surface area contributed by atoms with Gasteiger partial charge in [0.25, 0.3) is 0 Å². The molecule has 22 heavy (non-hydrogen) atoms. The van der Waals surface area contributed by atoms with Crippen molar-refractivity contribution in [3.8, 4) is 5.75 Å². The van der Waals surface area contributed by atoms with E-state index >= 15 is 0 Å². The van der Waals surface area contributed by atoms with Crippen LogP contribution in [0.3, 0.4) is 0 Å². The van der Waals surface area contributed by atoms with Crippen LogP contribution >= 0.6 is 0 Å². The fraction of sp³-hybridized carbons (Fsp3) is 0.529. The van der Waals surface area contributed by atoms with Crippen LogP contribution < -0.4 is 4.74 Å². The minimum absolute atomic E-state index is 0.128. The van der Waals surface area contributed by atoms with Crippen LogP contribution in [-0.4, -0.2) is 36.6 Å². The van der Waals surface area contributed by atoms with E-state index in [1.54, 1.807) is 0 Å². The Kier molecular flexibility index (Phi) is 5.00. The van der Waals surface area contributed by atoms with Crippen LogP contribution in [-0.2, 0) is 9.31 Å². The highest BCUT2D eigenvalue weighted by Crippen LogP contribution is 2.39. The monoisotopic (exact) mass is 304 g/mol. The van der Waals surface area contributed by atoms with E-state index in [2.05, 4.69) is 0 Å². The number of hydrogen-bond acceptors (Lipinski definition) is 4. The molecule has 4 nitrogen and oxygen atoms in total. The van der Waals surface area contributed by atoms with Crippen LogP contribution in [0.5, 0.6) is 5.75 Å². The molecular weight excluding hydrogens is 279 g/mol. The Balaban J connectivity index is 2.30. The average molecular weight is 304 g/mol. The highest BCUT2D eigenvalue weighted by molar-refractivity contribution is 6.55. The van der Waals surface area contributed by atoms with Gasteiger partial charge in [0.05, 0.1) is 24.4 Å². The molecule has 0 atom stereocenters. The van der Waals surface area contributed by atoms with Gasteiger partial charge in [0.15, 0.2) is 0 Å². The van der Waals surface area contributed by atoms with E-state index in [-0.39, 0.29) is 6.61 Å². The first-order valence-electron chi connectivity index (χ1n) is 7.69. The fourth-order valence-corrected chi connectivity index (χ4v) is 2.27. The normalized spacial score (nSPS) is 20.3. The molecule has 120 valence electrons. The van der Waals surface area contributed by atoms with Gasteiger partial charge >= 0.3 is 7.12 Å². The molecule has 0 unspecified atom stereocenters. The molecule has 1 saturated heterocycles. The molecule has 0 amide bonds. The van der Waals surface area contributed by atoms with Gasteiger partial charge in [0.2, 0.25) is 0 Å². The van der Waals surface area contributed by atoms with Gasteiger partial charge < -0.3 is 19.2 Å². The SMILES string of the molecule is CCOc1ccccc1C=C(CO)B1OC(C)(C)C(C)(C)O1. The first-order valence-corrected chi connectivity index (χ1v) is 7.69. The Morgan fingerprint density at radius 3 is 2.32 bits per heavy atom. The second kappa shape index (κ2) is 6.45. The molecule has 1 aliphatic heterocycles. The molecule has 2 rings (SSSR count). The summed E-state index contributed by atoms with van der Waals surface area (Å²) < 4.78 is 17.6. The Morgan fingerprint density at radius 1 is 1.18 bits per heavy atom. The molecule has 1 N–H and O–H groups in total. The second-order valence-corrected chi connectivity index (χ2v) is 6.44. The van der Waals surface area contributed by atoms with Crippen molar-refractivity contribution in [1.82, 2.24) is 0 Å². The molecule has 0 aromatic heterocycles. The number of ether oxygens (including phenoxy) is 1. The number of benzene rings is 1. The first kappa shape index (κ1) is 17.1. The molecule has 5 heteroatoms. The molecule has 1 heterocycles. The summed E-state index contributed by atoms with van der Waals surface area (Å²) in [6.07, 6.45) is 1.88. The highest BCUT2D eigenvalue weighted by atomic mass is 16.7. The van der Waals surface area contributed by atoms with Crippen LogP contribution in [0.15, 0.2) is 29.7 Å². The summed E-state index contributed by atoms with van der Waals surface area (Å²) in [5.41, 5.74) is 0.741. The maximum absolute atomic E-state index is 9.74. The zero-order valence-electron chi connectivity index (χ0n) is 14.1. The number of rotatable bonds is 5. The van der Waals surface area contributed by atoms with Gasteiger partial charge in [-0.15, -0.1) is 0 Å². The minimum Gasteiger partial charge on any atom is -0.493 e. The van der Waals surface area contributed by atoms with E-state index in [9.17, 15) is 5.11 Å². The summed E-state index contributed by atoms with van der Waals surface area (Å²) in [5.74, 6) is 0.785. The first-order chi connectivity index (χ1) is 10.3. The van der Waals surface area contributed by atoms with E-state index in [0.29, 0.717) is 12.1 Å². The molecule has 1 fully saturated rings. The minimum atomic E-state index is -0.551. The predicted octanol–water partition coefficient (Wildman–Crippen LogP) is 3.09. The summed E-state index contributed by atoms with van der Waals surface area (Å²) in [7, 11) is -0.551. The summed E-state index contributed by atoms with van der Waals surface area (Å²) in [6.45, 7) is 10.4. The van der Waals surface area contributed by atoms with Crippen molar-refractivity contribution >= 4 is 13.2 Å². The van der Waals surface area contributed by atoms with Crippen molar-refractivity contribution < 1.29 is 19.2 Å². The van der Waals surface area contributed by atoms with Gasteiger partial charge in [-0.1, -0.05) is 24.3 Å². The standard InChI is InChI=1S/C17H25BO4/c1-6-20-15-10-8-7-9-13(15)11-14(12-19)18-21-16(2,3)17(4,5)22-18/h7-11,19H,6,12H2,1-5H3. The van der Waals surface area contributed by atoms with Crippen molar-refractivity contribution in [3.05, 3.63) is 35.3 Å². The maximum atomic E-state index is 9.74. The van der Waals surface area contributed by atoms with Gasteiger partial charge in [-0.2, -0.15) is 0 Å². The molecular formula is C17H25BO4. The van der Waals surface area contributed by atoms with E-state index in [4.69, 9.17) is 14.0 Å². The zero-order chi connectivity index (χ0) is 16.4. The largest absolute Gasteiger partial charge is 0.493 e. The summed E-state index contributed by atoms with van der Waals surface area (Å²) in [6, 6.07) is 7.73. The molecule has 0 saturated carbocycles. The van der Waals surface area contributed by atoms with Crippen molar-refractivity contribution in [2.45, 2.75) is 45.8 Å². The van der Waals surface area contributed by atoms with Crippen LogP contribution in [0.2, 0.25) is 0 Å². The molecule has 1 aliphatic rings. The molecule has 1 aromatic rings. The van der Waals surface area contributed by atoms with E-state index in [1.807, 2.05) is 65.0 Å². The molecule has 0 aliphatic carbocycles. The van der Waals surface area contributed by atoms with Crippen LogP contribution in [0.4, 0.5) is 0 Å². The maximum Gasteiger partial charge on any atom is 0.492 e. The van der Waals surface area contributed by atoms with Crippen molar-refractivity contribution in [3.63, 3.8) is 0 Å². The Bertz CT molecular complexity index is 535. The lowest BCUT2D eigenvalue weighted by Crippen LogP contribution is -2.41. The molecule has 1 aromatic carbocycles. The third-order valence-electron chi connectivity index (χ3n) is 4.30. The lowest BCUT2D eigenvalue weighted by Gasteiger charge is -2.32. The highest BCUT2D eigenvalue weighted by Gasteiger charge is 2.52. The van der Waals surface area contributed by atoms with Gasteiger partial charge in [-0.05, 0) is 46.2 Å². The van der Waals surface area contributed by atoms with Crippen LogP contribution in [0.25, 0.3) is 6.08 Å². The van der Waals surface area contributed by atoms with Gasteiger partial charge in [-0.3, -0.25) is 0 Å². The number of aliphatic hydroxyl groups is 1. The van der Waals surface area contributed by atoms with Crippen molar-refractivity contribution in [2.75, 3.05) is 13.2 Å². The summed E-state index contributed by atoms with van der Waals surface area (Å²) in [4.78, 5) is 0. The van der Waals surface area contributed by atoms with Gasteiger partial charge in [0.1, 0.15) is 5.75 Å². The van der Waals surface area contributed by atoms with Gasteiger partial charge in [-0.25, -0.2) is 0 Å². The van der Waals surface area contributed by atoms with E-state index in [1.165, 1.54) is 0 Å². The predicted molar refractivity (Wildman–Crippen MR) is 88.8 cm³/mol. The van der Waals surface area contributed by atoms with Crippen molar-refractivity contribution in [2.24, 2.45) is 0 Å². The molecule has 0 bridgehead atoms. The Hall–Kier alpha value is -1.30. The average Bonchev–Trinajstić information content (AvgIpc) is 2.66. The third kappa shape index (κ3) is 3.37. The zero-order valence-corrected chi connectivity index (χ0v) is 14.1. The summed E-state index contributed by atoms with van der Waals surface area (Å²) >= 11 is 0. The number of para-hydroxylation sites is 1. The number of aliphatic hydroxyl groups excluding tert-OH is 1. The smallest absolute Gasteiger partial charge is 0.492 e. The Labute approximate surface area is 133 Å². The summed E-state index contributed by atoms with van der Waals surface area (Å²) in [5, 5.41) is 9.74. The van der Waals surface area contributed by atoms with Crippen LogP contribution in [0.1, 0.15) is 40.2 Å². The number of hydrogen-bond donors (Lipinski definition) is 1. The van der Waals surface area contributed by atoms with Crippen LogP contribution in [0, 0.1) is 0 Å². The van der Waals surface area contributed by atoms with Crippen molar-refractivity contribution in [1.29, 1.82) is 0 Å². The molecule has 0 spiro atoms. The Morgan fingerprint density at radius 2 is 1.77 bits per heavy atom. The second-order valence-electron chi connectivity index (χ2n) is 6.44. The lowest BCUT2D eigenvalue weighted by atomic mass is 9.77.